The molecule has 0 saturated carbocycles. The highest BCUT2D eigenvalue weighted by atomic mass is 31.2. The average molecular weight is 470 g/mol. The average Bonchev–Trinajstić information content (AvgIpc) is 2.92. The van der Waals surface area contributed by atoms with Crippen LogP contribution in [0.5, 0.6) is 0 Å². The van der Waals surface area contributed by atoms with Gasteiger partial charge in [0.25, 0.3) is 5.56 Å². The molecule has 1 aliphatic rings. The molecule has 2 unspecified atom stereocenters. The zero-order valence-corrected chi connectivity index (χ0v) is 18.2. The van der Waals surface area contributed by atoms with E-state index in [4.69, 9.17) is 28.5 Å². The summed E-state index contributed by atoms with van der Waals surface area (Å²) >= 11 is 0. The summed E-state index contributed by atoms with van der Waals surface area (Å²) in [7, 11) is -7.26. The van der Waals surface area contributed by atoms with Gasteiger partial charge < -0.3 is 28.9 Å². The maximum absolute atomic E-state index is 12.3. The molecule has 2 rings (SSSR count). The first kappa shape index (κ1) is 24.9. The number of aromatic amines is 1. The van der Waals surface area contributed by atoms with Crippen molar-refractivity contribution in [2.75, 3.05) is 27.0 Å². The minimum absolute atomic E-state index is 0.00759. The molecule has 13 nitrogen and oxygen atoms in total. The molecule has 0 spiro atoms. The first-order valence-corrected chi connectivity index (χ1v) is 12.3. The van der Waals surface area contributed by atoms with Gasteiger partial charge in [-0.1, -0.05) is 0 Å². The summed E-state index contributed by atoms with van der Waals surface area (Å²) in [5, 5.41) is 0. The summed E-state index contributed by atoms with van der Waals surface area (Å²) in [6.07, 6.45) is -2.78. The standard InChI is InChI=1S/C15H24N2O11P2/c1-9-8-17(15(19)16-13(9)18)14-12(26-6-5-25-2)11(28-29(3,20)21)10(27-14)4-7-30(22,23)24/h4,7-8,10-12,14H,5-6H2,1-3H3,(H,20,21)(H,16,18,19)(H2,22,23,24)/b7-4+/t10-,11?,12-,14-/m1/s1. The number of hydrogen-bond acceptors (Lipinski definition) is 8. The number of H-pyrrole nitrogens is 1. The maximum Gasteiger partial charge on any atom is 0.348 e. The van der Waals surface area contributed by atoms with Gasteiger partial charge in [0.1, 0.15) is 18.3 Å². The summed E-state index contributed by atoms with van der Waals surface area (Å²) in [6.45, 7) is 2.51. The van der Waals surface area contributed by atoms with Crippen LogP contribution in [0.15, 0.2) is 27.7 Å². The van der Waals surface area contributed by atoms with E-state index in [1.807, 2.05) is 0 Å². The number of aryl methyl sites for hydroxylation is 1. The molecule has 170 valence electrons. The summed E-state index contributed by atoms with van der Waals surface area (Å²) in [5.41, 5.74) is -1.26. The summed E-state index contributed by atoms with van der Waals surface area (Å²) in [4.78, 5) is 54.1. The SMILES string of the molecule is COCCO[C@@H]1C(OP(C)(=O)O)[C@@H](/C=C/P(=O)(O)O)O[C@H]1n1cc(C)c(=O)[nH]c1=O. The Kier molecular flexibility index (Phi) is 8.14. The number of hydrogen-bond donors (Lipinski definition) is 4. The molecule has 30 heavy (non-hydrogen) atoms. The van der Waals surface area contributed by atoms with Crippen LogP contribution in [0.2, 0.25) is 0 Å². The first-order valence-electron chi connectivity index (χ1n) is 8.64. The lowest BCUT2D eigenvalue weighted by Crippen LogP contribution is -2.40. The Hall–Kier alpha value is -1.40. The maximum atomic E-state index is 12.3. The van der Waals surface area contributed by atoms with E-state index in [0.717, 1.165) is 17.3 Å². The van der Waals surface area contributed by atoms with Crippen LogP contribution in [0, 0.1) is 6.92 Å². The Morgan fingerprint density at radius 1 is 1.23 bits per heavy atom. The minimum atomic E-state index is -4.58. The van der Waals surface area contributed by atoms with Crippen LogP contribution in [0.3, 0.4) is 0 Å². The van der Waals surface area contributed by atoms with Crippen molar-refractivity contribution in [2.24, 2.45) is 0 Å². The summed E-state index contributed by atoms with van der Waals surface area (Å²) < 4.78 is 45.6. The molecular weight excluding hydrogens is 446 g/mol. The molecule has 15 heteroatoms. The van der Waals surface area contributed by atoms with Crippen molar-refractivity contribution in [3.05, 3.63) is 44.5 Å². The lowest BCUT2D eigenvalue weighted by molar-refractivity contribution is -0.0763. The van der Waals surface area contributed by atoms with Crippen LogP contribution >= 0.6 is 15.2 Å². The lowest BCUT2D eigenvalue weighted by atomic mass is 10.1. The number of aromatic nitrogens is 2. The predicted molar refractivity (Wildman–Crippen MR) is 103 cm³/mol. The predicted octanol–water partition coefficient (Wildman–Crippen LogP) is -0.334. The second kappa shape index (κ2) is 9.82. The largest absolute Gasteiger partial charge is 0.382 e. The van der Waals surface area contributed by atoms with Crippen LogP contribution in [-0.2, 0) is 27.9 Å². The van der Waals surface area contributed by atoms with Gasteiger partial charge in [0, 0.05) is 31.4 Å². The molecule has 1 aromatic rings. The second-order valence-corrected chi connectivity index (χ2v) is 9.89. The van der Waals surface area contributed by atoms with E-state index >= 15 is 0 Å². The van der Waals surface area contributed by atoms with Crippen molar-refractivity contribution in [3.8, 4) is 0 Å². The van der Waals surface area contributed by atoms with Crippen molar-refractivity contribution in [2.45, 2.75) is 31.5 Å². The summed E-state index contributed by atoms with van der Waals surface area (Å²) in [6, 6.07) is 0. The Morgan fingerprint density at radius 2 is 1.90 bits per heavy atom. The molecule has 0 bridgehead atoms. The van der Waals surface area contributed by atoms with Gasteiger partial charge in [-0.2, -0.15) is 0 Å². The van der Waals surface area contributed by atoms with Gasteiger partial charge in [0.2, 0.25) is 0 Å². The second-order valence-electron chi connectivity index (χ2n) is 6.60. The Morgan fingerprint density at radius 3 is 2.47 bits per heavy atom. The highest BCUT2D eigenvalue weighted by Crippen LogP contribution is 2.46. The monoisotopic (exact) mass is 470 g/mol. The quantitative estimate of drug-likeness (QED) is 0.273. The van der Waals surface area contributed by atoms with Gasteiger partial charge in [-0.05, 0) is 13.0 Å². The normalized spacial score (nSPS) is 26.9. The molecule has 1 fully saturated rings. The van der Waals surface area contributed by atoms with E-state index in [-0.39, 0.29) is 18.8 Å². The van der Waals surface area contributed by atoms with Crippen molar-refractivity contribution in [3.63, 3.8) is 0 Å². The van der Waals surface area contributed by atoms with E-state index in [9.17, 15) is 23.6 Å². The lowest BCUT2D eigenvalue weighted by Gasteiger charge is -2.25. The molecule has 1 aliphatic heterocycles. The van der Waals surface area contributed by atoms with Crippen molar-refractivity contribution in [1.82, 2.24) is 9.55 Å². The Balaban J connectivity index is 2.52. The van der Waals surface area contributed by atoms with Crippen molar-refractivity contribution >= 4 is 15.2 Å². The molecule has 4 N–H and O–H groups in total. The third-order valence-electron chi connectivity index (χ3n) is 4.03. The smallest absolute Gasteiger partial charge is 0.348 e. The fourth-order valence-electron chi connectivity index (χ4n) is 2.81. The minimum Gasteiger partial charge on any atom is -0.382 e. The number of nitrogens with zero attached hydrogens (tertiary/aromatic N) is 1. The molecule has 0 aliphatic carbocycles. The van der Waals surface area contributed by atoms with Gasteiger partial charge in [-0.3, -0.25) is 28.0 Å². The van der Waals surface area contributed by atoms with Crippen LogP contribution in [0.1, 0.15) is 11.8 Å². The highest BCUT2D eigenvalue weighted by Gasteiger charge is 2.49. The third kappa shape index (κ3) is 6.81. The van der Waals surface area contributed by atoms with Gasteiger partial charge in [-0.15, -0.1) is 0 Å². The zero-order valence-electron chi connectivity index (χ0n) is 16.4. The zero-order chi connectivity index (χ0) is 22.7. The summed E-state index contributed by atoms with van der Waals surface area (Å²) in [5.74, 6) is 0.557. The number of ether oxygens (including phenoxy) is 3. The fourth-order valence-corrected chi connectivity index (χ4v) is 3.89. The fraction of sp³-hybridized carbons (Fsp3) is 0.600. The molecule has 1 aromatic heterocycles. The van der Waals surface area contributed by atoms with E-state index in [0.29, 0.717) is 5.82 Å². The first-order chi connectivity index (χ1) is 13.8. The van der Waals surface area contributed by atoms with Crippen LogP contribution in [0.4, 0.5) is 0 Å². The molecule has 0 radical (unpaired) electrons. The molecule has 0 amide bonds. The molecule has 5 atom stereocenters. The van der Waals surface area contributed by atoms with Gasteiger partial charge in [-0.25, -0.2) is 4.79 Å². The van der Waals surface area contributed by atoms with Crippen molar-refractivity contribution < 1.29 is 42.5 Å². The van der Waals surface area contributed by atoms with Crippen LogP contribution < -0.4 is 11.2 Å². The van der Waals surface area contributed by atoms with Gasteiger partial charge in [0.05, 0.1) is 13.2 Å². The Bertz CT molecular complexity index is 976. The molecule has 1 saturated heterocycles. The number of rotatable bonds is 9. The van der Waals surface area contributed by atoms with Crippen molar-refractivity contribution in [1.29, 1.82) is 0 Å². The molecule has 0 aromatic carbocycles. The Labute approximate surface area is 170 Å². The number of nitrogens with one attached hydrogen (secondary N) is 1. The van der Waals surface area contributed by atoms with E-state index in [2.05, 4.69) is 4.98 Å². The third-order valence-corrected chi connectivity index (χ3v) is 5.23. The molecular formula is C15H24N2O11P2. The molecule has 2 heterocycles. The van der Waals surface area contributed by atoms with Crippen LogP contribution in [-0.4, -0.2) is 69.5 Å². The topological polar surface area (TPSA) is 187 Å². The van der Waals surface area contributed by atoms with E-state index in [1.165, 1.54) is 20.2 Å². The number of methoxy groups -OCH3 is 1. The van der Waals surface area contributed by atoms with Gasteiger partial charge >= 0.3 is 20.9 Å². The van der Waals surface area contributed by atoms with Gasteiger partial charge in [0.15, 0.2) is 6.23 Å². The highest BCUT2D eigenvalue weighted by molar-refractivity contribution is 7.55. The van der Waals surface area contributed by atoms with E-state index in [1.54, 1.807) is 0 Å². The van der Waals surface area contributed by atoms with Crippen LogP contribution in [0.25, 0.3) is 0 Å². The van der Waals surface area contributed by atoms with E-state index < -0.39 is 51.0 Å².